The molecule has 2 aromatic carbocycles. The van der Waals surface area contributed by atoms with E-state index in [1.54, 1.807) is 24.3 Å². The molecule has 7 nitrogen and oxygen atoms in total. The van der Waals surface area contributed by atoms with E-state index >= 15 is 0 Å². The molecular weight excluding hydrogens is 637 g/mol. The number of allylic oxidation sites excluding steroid dienone is 3. The second-order valence-electron chi connectivity index (χ2n) is 10.0. The Morgan fingerprint density at radius 3 is 2.23 bits per heavy atom. The van der Waals surface area contributed by atoms with Gasteiger partial charge in [-0.05, 0) is 54.8 Å². The summed E-state index contributed by atoms with van der Waals surface area (Å²) in [7, 11) is 0. The first kappa shape index (κ1) is 35.1. The quantitative estimate of drug-likeness (QED) is 0.137. The van der Waals surface area contributed by atoms with Gasteiger partial charge in [-0.15, -0.1) is 11.6 Å². The molecule has 3 atom stereocenters. The highest BCUT2D eigenvalue weighted by molar-refractivity contribution is 6.37. The van der Waals surface area contributed by atoms with Gasteiger partial charge in [0.2, 0.25) is 5.91 Å². The third kappa shape index (κ3) is 10.3. The predicted molar refractivity (Wildman–Crippen MR) is 156 cm³/mol. The predicted octanol–water partition coefficient (Wildman–Crippen LogP) is 6.18. The lowest BCUT2D eigenvalue weighted by Gasteiger charge is -2.26. The summed E-state index contributed by atoms with van der Waals surface area (Å²) in [6, 6.07) is 6.04. The molecule has 0 heterocycles. The molecule has 1 aliphatic rings. The molecule has 3 unspecified atom stereocenters. The van der Waals surface area contributed by atoms with Crippen LogP contribution >= 0.6 is 23.2 Å². The molecule has 240 valence electrons. The van der Waals surface area contributed by atoms with Gasteiger partial charge in [0, 0.05) is 41.5 Å². The van der Waals surface area contributed by atoms with Crippen LogP contribution in [0.3, 0.4) is 0 Å². The molecule has 44 heavy (non-hydrogen) atoms. The molecule has 1 aliphatic carbocycles. The first-order chi connectivity index (χ1) is 20.6. The number of anilines is 1. The topological polar surface area (TPSA) is 102 Å². The number of benzene rings is 2. The summed E-state index contributed by atoms with van der Waals surface area (Å²) >= 11 is 12.3. The number of halogens is 8. The minimum absolute atomic E-state index is 0.0703. The van der Waals surface area contributed by atoms with Crippen molar-refractivity contribution in [3.63, 3.8) is 0 Å². The van der Waals surface area contributed by atoms with Gasteiger partial charge in [0.05, 0.1) is 29.1 Å². The maximum Gasteiger partial charge on any atom is 0.416 e. The summed E-state index contributed by atoms with van der Waals surface area (Å²) in [6.45, 7) is 1.81. The number of aromatic hydroxyl groups is 1. The van der Waals surface area contributed by atoms with Crippen molar-refractivity contribution in [3.05, 3.63) is 81.9 Å². The van der Waals surface area contributed by atoms with E-state index < -0.39 is 52.3 Å². The summed E-state index contributed by atoms with van der Waals surface area (Å²) in [5, 5.41) is 20.6. The van der Waals surface area contributed by atoms with E-state index in [1.165, 1.54) is 12.1 Å². The first-order valence-electron chi connectivity index (χ1n) is 13.4. The van der Waals surface area contributed by atoms with Crippen LogP contribution in [0, 0.1) is 0 Å². The van der Waals surface area contributed by atoms with Crippen molar-refractivity contribution in [2.75, 3.05) is 25.0 Å². The first-order valence-corrected chi connectivity index (χ1v) is 14.2. The van der Waals surface area contributed by atoms with Crippen LogP contribution < -0.4 is 21.3 Å². The zero-order valence-electron chi connectivity index (χ0n) is 23.3. The largest absolute Gasteiger partial charge is 0.508 e. The molecule has 0 aromatic heterocycles. The Kier molecular flexibility index (Phi) is 12.0. The van der Waals surface area contributed by atoms with E-state index in [0.717, 1.165) is 0 Å². The standard InChI is InChI=1S/C29H30Cl2F6N4O3/c1-2-20(13-38-21-4-3-5-22(42)12-21)39-15-26(43)41-25(16-6-7-23(30)24(31)10-16)14-40-27(44)17-8-18(28(32,33)34)11-19(9-17)29(35,36)37/h3-9,11-12,20,24-25,38-39,42H,2,10,13-15H2,1H3,(H,40,44)(H,41,43). The van der Waals surface area contributed by atoms with E-state index in [1.807, 2.05) is 6.92 Å². The Labute approximate surface area is 259 Å². The van der Waals surface area contributed by atoms with Gasteiger partial charge in [-0.25, -0.2) is 0 Å². The van der Waals surface area contributed by atoms with Gasteiger partial charge in [0.25, 0.3) is 5.91 Å². The summed E-state index contributed by atoms with van der Waals surface area (Å²) in [5.41, 5.74) is -2.89. The Bertz CT molecular complexity index is 1370. The third-order valence-corrected chi connectivity index (χ3v) is 7.60. The van der Waals surface area contributed by atoms with Crippen molar-refractivity contribution in [3.8, 4) is 5.75 Å². The molecule has 0 spiro atoms. The SMILES string of the molecule is CCC(CNc1cccc(O)c1)NCC(=O)NC(CNC(=O)c1cc(C(F)(F)F)cc(C(F)(F)F)c1)C1=CC=C(Cl)C(Cl)C1. The highest BCUT2D eigenvalue weighted by Crippen LogP contribution is 2.36. The molecule has 15 heteroatoms. The monoisotopic (exact) mass is 666 g/mol. The Hall–Kier alpha value is -3.42. The van der Waals surface area contributed by atoms with Crippen molar-refractivity contribution in [1.29, 1.82) is 0 Å². The van der Waals surface area contributed by atoms with Crippen molar-refractivity contribution in [2.24, 2.45) is 0 Å². The molecular formula is C29H30Cl2F6N4O3. The molecule has 3 rings (SSSR count). The van der Waals surface area contributed by atoms with Crippen LogP contribution in [0.25, 0.3) is 0 Å². The van der Waals surface area contributed by atoms with Crippen LogP contribution in [0.5, 0.6) is 5.75 Å². The number of hydrogen-bond acceptors (Lipinski definition) is 5. The second kappa shape index (κ2) is 15.0. The Morgan fingerprint density at radius 2 is 1.66 bits per heavy atom. The average molecular weight is 667 g/mol. The van der Waals surface area contributed by atoms with Gasteiger partial charge in [-0.2, -0.15) is 26.3 Å². The molecule has 0 aliphatic heterocycles. The molecule has 0 fully saturated rings. The molecule has 5 N–H and O–H groups in total. The van der Waals surface area contributed by atoms with E-state index in [-0.39, 0.29) is 37.4 Å². The Morgan fingerprint density at radius 1 is 1.00 bits per heavy atom. The number of alkyl halides is 7. The maximum atomic E-state index is 13.3. The summed E-state index contributed by atoms with van der Waals surface area (Å²) < 4.78 is 79.6. The number of rotatable bonds is 12. The number of carbonyl (C=O) groups is 2. The summed E-state index contributed by atoms with van der Waals surface area (Å²) in [4.78, 5) is 25.7. The number of phenolic OH excluding ortho intramolecular Hbond substituents is 1. The van der Waals surface area contributed by atoms with E-state index in [4.69, 9.17) is 23.2 Å². The molecule has 2 aromatic rings. The lowest BCUT2D eigenvalue weighted by Crippen LogP contribution is -2.49. The van der Waals surface area contributed by atoms with Gasteiger partial charge < -0.3 is 26.4 Å². The van der Waals surface area contributed by atoms with Crippen LogP contribution in [-0.2, 0) is 17.1 Å². The van der Waals surface area contributed by atoms with Crippen molar-refractivity contribution in [2.45, 2.75) is 49.6 Å². The highest BCUT2D eigenvalue weighted by atomic mass is 35.5. The average Bonchev–Trinajstić information content (AvgIpc) is 2.95. The smallest absolute Gasteiger partial charge is 0.416 e. The number of amides is 2. The van der Waals surface area contributed by atoms with Gasteiger partial charge in [-0.3, -0.25) is 9.59 Å². The van der Waals surface area contributed by atoms with Gasteiger partial charge in [-0.1, -0.05) is 30.7 Å². The van der Waals surface area contributed by atoms with Crippen LogP contribution in [0.4, 0.5) is 32.0 Å². The summed E-state index contributed by atoms with van der Waals surface area (Å²) in [6.07, 6.45) is -6.37. The number of hydrogen-bond donors (Lipinski definition) is 5. The van der Waals surface area contributed by atoms with Crippen molar-refractivity contribution < 1.29 is 41.0 Å². The molecule has 2 amide bonds. The number of nitrogens with one attached hydrogen (secondary N) is 4. The fourth-order valence-electron chi connectivity index (χ4n) is 4.28. The lowest BCUT2D eigenvalue weighted by molar-refractivity contribution is -0.143. The van der Waals surface area contributed by atoms with Crippen LogP contribution in [-0.4, -0.2) is 54.0 Å². The van der Waals surface area contributed by atoms with E-state index in [9.17, 15) is 41.0 Å². The normalized spacial score (nSPS) is 16.8. The van der Waals surface area contributed by atoms with E-state index in [2.05, 4.69) is 21.3 Å². The fraction of sp³-hybridized carbons (Fsp3) is 0.379. The second-order valence-corrected chi connectivity index (χ2v) is 11.0. The van der Waals surface area contributed by atoms with Crippen LogP contribution in [0.2, 0.25) is 0 Å². The molecule has 0 bridgehead atoms. The fourth-order valence-corrected chi connectivity index (χ4v) is 4.67. The van der Waals surface area contributed by atoms with Crippen molar-refractivity contribution >= 4 is 40.7 Å². The van der Waals surface area contributed by atoms with Gasteiger partial charge in [0.15, 0.2) is 0 Å². The van der Waals surface area contributed by atoms with E-state index in [0.29, 0.717) is 41.4 Å². The van der Waals surface area contributed by atoms with Gasteiger partial charge >= 0.3 is 12.4 Å². The molecule has 0 radical (unpaired) electrons. The zero-order valence-corrected chi connectivity index (χ0v) is 24.8. The van der Waals surface area contributed by atoms with Crippen LogP contribution in [0.1, 0.15) is 41.3 Å². The summed E-state index contributed by atoms with van der Waals surface area (Å²) in [5.74, 6) is -1.60. The number of carbonyl (C=O) groups excluding carboxylic acids is 2. The van der Waals surface area contributed by atoms with Gasteiger partial charge in [0.1, 0.15) is 5.75 Å². The maximum absolute atomic E-state index is 13.3. The minimum atomic E-state index is -5.12. The highest BCUT2D eigenvalue weighted by Gasteiger charge is 2.37. The molecule has 0 saturated heterocycles. The zero-order chi connectivity index (χ0) is 32.7. The Balaban J connectivity index is 1.71. The van der Waals surface area contributed by atoms with Crippen molar-refractivity contribution in [1.82, 2.24) is 16.0 Å². The minimum Gasteiger partial charge on any atom is -0.508 e. The third-order valence-electron chi connectivity index (χ3n) is 6.71. The number of phenols is 1. The lowest BCUT2D eigenvalue weighted by atomic mass is 9.96. The molecule has 0 saturated carbocycles. The van der Waals surface area contributed by atoms with Crippen LogP contribution in [0.15, 0.2) is 65.2 Å².